The quantitative estimate of drug-likeness (QED) is 0.684. The Labute approximate surface area is 157 Å². The Morgan fingerprint density at radius 3 is 2.89 bits per heavy atom. The van der Waals surface area contributed by atoms with Crippen molar-refractivity contribution in [3.63, 3.8) is 0 Å². The summed E-state index contributed by atoms with van der Waals surface area (Å²) in [6.07, 6.45) is 4.42. The maximum atomic E-state index is 13.2. The highest BCUT2D eigenvalue weighted by Crippen LogP contribution is 2.73. The van der Waals surface area contributed by atoms with E-state index in [2.05, 4.69) is 0 Å². The van der Waals surface area contributed by atoms with Crippen molar-refractivity contribution in [1.29, 1.82) is 0 Å². The first-order valence-electron chi connectivity index (χ1n) is 9.75. The predicted molar refractivity (Wildman–Crippen MR) is 91.1 cm³/mol. The fraction of sp³-hybridized carbons (Fsp3) is 0.750. The van der Waals surface area contributed by atoms with Gasteiger partial charge in [0.15, 0.2) is 5.79 Å². The van der Waals surface area contributed by atoms with Gasteiger partial charge in [-0.05, 0) is 37.2 Å². The number of ether oxygens (including phenoxy) is 2. The summed E-state index contributed by atoms with van der Waals surface area (Å²) in [4.78, 5) is 13.2. The van der Waals surface area contributed by atoms with Gasteiger partial charge >= 0.3 is 5.97 Å². The van der Waals surface area contributed by atoms with Crippen LogP contribution in [0.4, 0.5) is 0 Å². The maximum absolute atomic E-state index is 13.2. The molecule has 1 aromatic heterocycles. The number of hydrogen-bond donors (Lipinski definition) is 3. The Hall–Kier alpha value is -1.41. The van der Waals surface area contributed by atoms with Crippen molar-refractivity contribution in [1.82, 2.24) is 0 Å². The minimum Gasteiger partial charge on any atom is -0.472 e. The van der Waals surface area contributed by atoms with Crippen LogP contribution in [0.1, 0.15) is 50.7 Å². The molecule has 4 aliphatic rings. The zero-order valence-electron chi connectivity index (χ0n) is 15.4. The molecule has 7 heteroatoms. The molecule has 2 bridgehead atoms. The first-order valence-corrected chi connectivity index (χ1v) is 9.75. The summed E-state index contributed by atoms with van der Waals surface area (Å²) in [6.45, 7) is 1.91. The third-order valence-corrected chi connectivity index (χ3v) is 8.11. The molecule has 2 aliphatic heterocycles. The van der Waals surface area contributed by atoms with Crippen LogP contribution in [0.25, 0.3) is 0 Å². The molecular formula is C20H26O7. The van der Waals surface area contributed by atoms with Crippen LogP contribution in [-0.4, -0.2) is 45.9 Å². The van der Waals surface area contributed by atoms with Crippen LogP contribution >= 0.6 is 0 Å². The van der Waals surface area contributed by atoms with Crippen molar-refractivity contribution in [3.8, 4) is 0 Å². The Bertz CT molecular complexity index is 762. The topological polar surface area (TPSA) is 109 Å². The third kappa shape index (κ3) is 1.89. The average Bonchev–Trinajstić information content (AvgIpc) is 3.23. The molecule has 4 fully saturated rings. The highest BCUT2D eigenvalue weighted by Gasteiger charge is 2.82. The first-order chi connectivity index (χ1) is 12.8. The van der Waals surface area contributed by atoms with Crippen LogP contribution in [0.2, 0.25) is 0 Å². The maximum Gasteiger partial charge on any atom is 0.312 e. The fourth-order valence-electron chi connectivity index (χ4n) is 6.81. The van der Waals surface area contributed by atoms with Gasteiger partial charge in [0, 0.05) is 12.0 Å². The molecule has 2 saturated carbocycles. The van der Waals surface area contributed by atoms with Gasteiger partial charge in [-0.3, -0.25) is 4.79 Å². The molecule has 2 saturated heterocycles. The Balaban J connectivity index is 1.65. The first kappa shape index (κ1) is 17.7. The zero-order valence-corrected chi connectivity index (χ0v) is 15.4. The molecule has 5 rings (SSSR count). The van der Waals surface area contributed by atoms with Crippen molar-refractivity contribution in [2.75, 3.05) is 13.2 Å². The van der Waals surface area contributed by atoms with Crippen LogP contribution < -0.4 is 0 Å². The van der Waals surface area contributed by atoms with Gasteiger partial charge in [-0.15, -0.1) is 0 Å². The van der Waals surface area contributed by atoms with E-state index in [1.165, 1.54) is 12.5 Å². The molecule has 0 aromatic carbocycles. The summed E-state index contributed by atoms with van der Waals surface area (Å²) >= 11 is 0. The van der Waals surface area contributed by atoms with E-state index < -0.39 is 28.3 Å². The number of aliphatic hydroxyl groups is 3. The van der Waals surface area contributed by atoms with E-state index in [0.29, 0.717) is 18.4 Å². The second-order valence-corrected chi connectivity index (χ2v) is 9.02. The van der Waals surface area contributed by atoms with Crippen LogP contribution in [0, 0.1) is 22.7 Å². The number of furan rings is 1. The summed E-state index contributed by atoms with van der Waals surface area (Å²) in [5.41, 5.74) is -2.64. The van der Waals surface area contributed by atoms with Gasteiger partial charge in [-0.2, -0.15) is 0 Å². The van der Waals surface area contributed by atoms with Crippen molar-refractivity contribution < 1.29 is 34.0 Å². The van der Waals surface area contributed by atoms with Gasteiger partial charge < -0.3 is 29.2 Å². The average molecular weight is 378 g/mol. The van der Waals surface area contributed by atoms with E-state index in [-0.39, 0.29) is 43.9 Å². The molecule has 0 radical (unpaired) electrons. The number of esters is 1. The molecule has 27 heavy (non-hydrogen) atoms. The molecule has 3 heterocycles. The lowest BCUT2D eigenvalue weighted by Crippen LogP contribution is -2.76. The Kier molecular flexibility index (Phi) is 3.50. The molecule has 7 nitrogen and oxygen atoms in total. The largest absolute Gasteiger partial charge is 0.472 e. The molecule has 3 N–H and O–H groups in total. The van der Waals surface area contributed by atoms with E-state index in [4.69, 9.17) is 13.9 Å². The number of aliphatic hydroxyl groups excluding tert-OH is 1. The standard InChI is InChI=1S/C20H26O7/c1-12-7-20(24)19-11-26-16(22)18(12,8-14(21)13-4-6-25-9-13)15(19)3-2-5-17(19,23)10-27-20/h4,6,9,12,14-15,21,23-24H,2-3,5,7-8,10-11H2,1H3/t12-,14+,15-,17+,18+,19-,20+/m1/s1. The van der Waals surface area contributed by atoms with E-state index in [1.807, 2.05) is 6.92 Å². The molecule has 1 aromatic rings. The highest BCUT2D eigenvalue weighted by atomic mass is 16.6. The zero-order chi connectivity index (χ0) is 19.1. The number of carbonyl (C=O) groups excluding carboxylic acids is 1. The van der Waals surface area contributed by atoms with Gasteiger partial charge in [0.1, 0.15) is 12.2 Å². The lowest BCUT2D eigenvalue weighted by atomic mass is 9.40. The monoisotopic (exact) mass is 378 g/mol. The van der Waals surface area contributed by atoms with Crippen molar-refractivity contribution in [3.05, 3.63) is 24.2 Å². The minimum absolute atomic E-state index is 0.0419. The third-order valence-electron chi connectivity index (χ3n) is 8.11. The van der Waals surface area contributed by atoms with Crippen LogP contribution in [0.5, 0.6) is 0 Å². The summed E-state index contributed by atoms with van der Waals surface area (Å²) in [5.74, 6) is -2.44. The predicted octanol–water partition coefficient (Wildman–Crippen LogP) is 1.52. The van der Waals surface area contributed by atoms with Gasteiger partial charge in [0.05, 0.1) is 36.1 Å². The van der Waals surface area contributed by atoms with Crippen molar-refractivity contribution in [2.45, 2.75) is 56.5 Å². The van der Waals surface area contributed by atoms with Gasteiger partial charge in [-0.25, -0.2) is 0 Å². The fourth-order valence-corrected chi connectivity index (χ4v) is 6.81. The number of hydrogen-bond acceptors (Lipinski definition) is 7. The van der Waals surface area contributed by atoms with E-state index in [0.717, 1.165) is 6.42 Å². The van der Waals surface area contributed by atoms with E-state index in [9.17, 15) is 20.1 Å². The normalized spacial score (nSPS) is 49.4. The van der Waals surface area contributed by atoms with Crippen LogP contribution in [-0.2, 0) is 14.3 Å². The van der Waals surface area contributed by atoms with Crippen LogP contribution in [0.15, 0.2) is 23.0 Å². The van der Waals surface area contributed by atoms with Gasteiger partial charge in [0.2, 0.25) is 0 Å². The van der Waals surface area contributed by atoms with Crippen molar-refractivity contribution in [2.24, 2.45) is 22.7 Å². The molecule has 0 amide bonds. The van der Waals surface area contributed by atoms with Gasteiger partial charge in [0.25, 0.3) is 0 Å². The molecule has 148 valence electrons. The summed E-state index contributed by atoms with van der Waals surface area (Å²) < 4.78 is 16.5. The summed E-state index contributed by atoms with van der Waals surface area (Å²) in [5, 5.41) is 33.7. The number of cyclic esters (lactones) is 1. The Morgan fingerprint density at radius 1 is 1.33 bits per heavy atom. The second kappa shape index (κ2) is 5.35. The second-order valence-electron chi connectivity index (χ2n) is 9.02. The smallest absolute Gasteiger partial charge is 0.312 e. The highest BCUT2D eigenvalue weighted by molar-refractivity contribution is 5.80. The number of carbonyl (C=O) groups is 1. The summed E-state index contributed by atoms with van der Waals surface area (Å²) in [6, 6.07) is 1.69. The molecule has 7 atom stereocenters. The molecule has 1 spiro atoms. The molecular weight excluding hydrogens is 352 g/mol. The van der Waals surface area contributed by atoms with E-state index >= 15 is 0 Å². The lowest BCUT2D eigenvalue weighted by Gasteiger charge is -2.66. The number of rotatable bonds is 3. The molecule has 2 aliphatic carbocycles. The minimum atomic E-state index is -1.52. The van der Waals surface area contributed by atoms with Gasteiger partial charge in [-0.1, -0.05) is 13.3 Å². The Morgan fingerprint density at radius 2 is 2.15 bits per heavy atom. The SMILES string of the molecule is C[C@@H]1C[C@]2(O)OC[C@@]3(O)CCC[C@@H]4[C@@]1(C[C@H](O)c1ccoc1)C(=O)OC[C@@]432. The molecule has 0 unspecified atom stereocenters. The van der Waals surface area contributed by atoms with Crippen molar-refractivity contribution >= 4 is 5.97 Å². The summed E-state index contributed by atoms with van der Waals surface area (Å²) in [7, 11) is 0. The lowest BCUT2D eigenvalue weighted by molar-refractivity contribution is -0.345. The van der Waals surface area contributed by atoms with E-state index in [1.54, 1.807) is 6.07 Å². The van der Waals surface area contributed by atoms with Crippen LogP contribution in [0.3, 0.4) is 0 Å².